The number of hydrogen-bond donors (Lipinski definition) is 2. The van der Waals surface area contributed by atoms with E-state index in [0.29, 0.717) is 11.0 Å². The normalized spacial score (nSPS) is 9.71. The molecule has 1 aromatic carbocycles. The Balaban J connectivity index is 0.000000980. The molecule has 0 aliphatic heterocycles. The van der Waals surface area contributed by atoms with Gasteiger partial charge in [-0.25, -0.2) is 14.2 Å². The number of para-hydroxylation sites is 2. The number of H-pyrrole nitrogens is 1. The molecule has 0 saturated heterocycles. The van der Waals surface area contributed by atoms with Gasteiger partial charge >= 0.3 is 41.3 Å². The van der Waals surface area contributed by atoms with Crippen LogP contribution in [-0.2, 0) is 0 Å². The zero-order valence-electron chi connectivity index (χ0n) is 6.65. The summed E-state index contributed by atoms with van der Waals surface area (Å²) in [5.74, 6) is 0. The Morgan fingerprint density at radius 3 is 2.64 bits per heavy atom. The van der Waals surface area contributed by atoms with Crippen molar-refractivity contribution in [1.29, 1.82) is 0 Å². The molecule has 0 aliphatic rings. The summed E-state index contributed by atoms with van der Waals surface area (Å²) in [6.45, 7) is 0. The summed E-state index contributed by atoms with van der Waals surface area (Å²) < 4.78 is 0.898. The van der Waals surface area contributed by atoms with Crippen LogP contribution in [0.5, 0.6) is 0 Å². The van der Waals surface area contributed by atoms with Gasteiger partial charge in [-0.05, 0) is 12.1 Å². The number of rotatable bonds is 0. The fourth-order valence-electron chi connectivity index (χ4n) is 1.27. The first-order valence-electron chi connectivity index (χ1n) is 3.70. The van der Waals surface area contributed by atoms with E-state index in [9.17, 15) is 9.59 Å². The van der Waals surface area contributed by atoms with E-state index in [0.717, 1.165) is 4.57 Å². The standard InChI is InChI=1S/C8H7N3O2.Na.H/c9-7(12)11-6-4-2-1-3-5(6)10-8(11)13;;/h1-4H,(H2,9,12)(H,10,13);;. The summed E-state index contributed by atoms with van der Waals surface area (Å²) in [7, 11) is 0. The van der Waals surface area contributed by atoms with Gasteiger partial charge in [0.15, 0.2) is 0 Å². The van der Waals surface area contributed by atoms with Crippen LogP contribution in [-0.4, -0.2) is 45.1 Å². The minimum absolute atomic E-state index is 0. The molecule has 5 nitrogen and oxygen atoms in total. The van der Waals surface area contributed by atoms with Crippen LogP contribution in [0.2, 0.25) is 0 Å². The molecular formula is C8H8N3NaO2. The van der Waals surface area contributed by atoms with E-state index in [4.69, 9.17) is 5.73 Å². The number of aromatic nitrogens is 2. The molecule has 0 aliphatic carbocycles. The number of imidazole rings is 1. The zero-order chi connectivity index (χ0) is 9.42. The zero-order valence-corrected chi connectivity index (χ0v) is 6.65. The summed E-state index contributed by atoms with van der Waals surface area (Å²) in [5.41, 5.74) is 5.63. The number of nitrogens with one attached hydrogen (secondary N) is 1. The number of nitrogens with zero attached hydrogens (tertiary/aromatic N) is 1. The quantitative estimate of drug-likeness (QED) is 0.569. The summed E-state index contributed by atoms with van der Waals surface area (Å²) >= 11 is 0. The van der Waals surface area contributed by atoms with Crippen molar-refractivity contribution in [3.05, 3.63) is 34.7 Å². The Hall–Kier alpha value is -1.04. The third-order valence-corrected chi connectivity index (χ3v) is 1.81. The first-order valence-corrected chi connectivity index (χ1v) is 3.70. The Kier molecular flexibility index (Phi) is 3.15. The van der Waals surface area contributed by atoms with Gasteiger partial charge < -0.3 is 10.7 Å². The van der Waals surface area contributed by atoms with Crippen LogP contribution < -0.4 is 11.4 Å². The molecule has 1 amide bonds. The summed E-state index contributed by atoms with van der Waals surface area (Å²) in [6, 6.07) is 6.08. The van der Waals surface area contributed by atoms with Crippen LogP contribution in [0.25, 0.3) is 11.0 Å². The fourth-order valence-corrected chi connectivity index (χ4v) is 1.27. The SMILES string of the molecule is NC(=O)n1c(=O)[nH]c2ccccc21.[NaH]. The van der Waals surface area contributed by atoms with Gasteiger partial charge in [-0.3, -0.25) is 0 Å². The second-order valence-electron chi connectivity index (χ2n) is 2.62. The first-order chi connectivity index (χ1) is 6.20. The third-order valence-electron chi connectivity index (χ3n) is 1.81. The van der Waals surface area contributed by atoms with Crippen LogP contribution in [0.3, 0.4) is 0 Å². The van der Waals surface area contributed by atoms with Crippen molar-refractivity contribution >= 4 is 46.6 Å². The maximum atomic E-state index is 11.2. The number of amides is 1. The van der Waals surface area contributed by atoms with E-state index >= 15 is 0 Å². The van der Waals surface area contributed by atoms with E-state index in [2.05, 4.69) is 4.98 Å². The van der Waals surface area contributed by atoms with Crippen molar-refractivity contribution in [2.75, 3.05) is 0 Å². The molecule has 0 atom stereocenters. The number of carbonyl (C=O) groups excluding carboxylic acids is 1. The minimum atomic E-state index is -0.776. The molecule has 1 heterocycles. The number of primary amides is 1. The summed E-state index contributed by atoms with van der Waals surface area (Å²) in [5, 5.41) is 0. The molecule has 0 fully saturated rings. The molecule has 0 unspecified atom stereocenters. The molecule has 0 radical (unpaired) electrons. The van der Waals surface area contributed by atoms with Gasteiger partial charge in [-0.1, -0.05) is 12.1 Å². The van der Waals surface area contributed by atoms with Gasteiger partial charge in [0.2, 0.25) is 0 Å². The Labute approximate surface area is 101 Å². The van der Waals surface area contributed by atoms with E-state index in [1.165, 1.54) is 0 Å². The number of nitrogens with two attached hydrogens (primary N) is 1. The molecule has 1 aromatic heterocycles. The monoisotopic (exact) mass is 201 g/mol. The van der Waals surface area contributed by atoms with E-state index < -0.39 is 11.7 Å². The van der Waals surface area contributed by atoms with Gasteiger partial charge in [0.25, 0.3) is 0 Å². The average Bonchev–Trinajstić information content (AvgIpc) is 2.39. The number of carbonyl (C=O) groups is 1. The van der Waals surface area contributed by atoms with Gasteiger partial charge in [0.05, 0.1) is 11.0 Å². The van der Waals surface area contributed by atoms with Crippen molar-refractivity contribution in [3.63, 3.8) is 0 Å². The van der Waals surface area contributed by atoms with Crippen molar-refractivity contribution in [1.82, 2.24) is 9.55 Å². The van der Waals surface area contributed by atoms with Gasteiger partial charge in [0, 0.05) is 0 Å². The number of benzene rings is 1. The molecule has 3 N–H and O–H groups in total. The van der Waals surface area contributed by atoms with Crippen LogP contribution in [0.15, 0.2) is 29.1 Å². The molecule has 2 rings (SSSR count). The second-order valence-corrected chi connectivity index (χ2v) is 2.62. The van der Waals surface area contributed by atoms with E-state index in [1.54, 1.807) is 24.3 Å². The summed E-state index contributed by atoms with van der Waals surface area (Å²) in [4.78, 5) is 24.6. The van der Waals surface area contributed by atoms with Gasteiger partial charge in [0.1, 0.15) is 0 Å². The fraction of sp³-hybridized carbons (Fsp3) is 0. The van der Waals surface area contributed by atoms with E-state index in [-0.39, 0.29) is 29.6 Å². The topological polar surface area (TPSA) is 80.9 Å². The Morgan fingerprint density at radius 1 is 1.36 bits per heavy atom. The molecule has 0 saturated carbocycles. The Morgan fingerprint density at radius 2 is 2.00 bits per heavy atom. The number of hydrogen-bond acceptors (Lipinski definition) is 2. The average molecular weight is 201 g/mol. The number of aromatic amines is 1. The molecule has 0 bridgehead atoms. The predicted octanol–water partition coefficient (Wildman–Crippen LogP) is -0.392. The molecule has 6 heteroatoms. The predicted molar refractivity (Wildman–Crippen MR) is 54.7 cm³/mol. The summed E-state index contributed by atoms with van der Waals surface area (Å²) in [6.07, 6.45) is 0. The third kappa shape index (κ3) is 1.61. The van der Waals surface area contributed by atoms with Crippen LogP contribution >= 0.6 is 0 Å². The molecular weight excluding hydrogens is 193 g/mol. The van der Waals surface area contributed by atoms with Gasteiger partial charge in [-0.2, -0.15) is 0 Å². The maximum absolute atomic E-state index is 11.2. The van der Waals surface area contributed by atoms with Crippen molar-refractivity contribution in [2.24, 2.45) is 5.73 Å². The van der Waals surface area contributed by atoms with Crippen molar-refractivity contribution < 1.29 is 4.79 Å². The van der Waals surface area contributed by atoms with E-state index in [1.807, 2.05) is 0 Å². The molecule has 2 aromatic rings. The molecule has 14 heavy (non-hydrogen) atoms. The van der Waals surface area contributed by atoms with Gasteiger partial charge in [-0.15, -0.1) is 0 Å². The van der Waals surface area contributed by atoms with Crippen LogP contribution in [0.4, 0.5) is 4.79 Å². The van der Waals surface area contributed by atoms with Crippen LogP contribution in [0.1, 0.15) is 0 Å². The first kappa shape index (κ1) is 11.0. The second kappa shape index (κ2) is 4.00. The Bertz CT molecular complexity index is 529. The molecule has 68 valence electrons. The van der Waals surface area contributed by atoms with Crippen molar-refractivity contribution in [2.45, 2.75) is 0 Å². The van der Waals surface area contributed by atoms with Crippen molar-refractivity contribution in [3.8, 4) is 0 Å². The number of fused-ring (bicyclic) bond motifs is 1. The van der Waals surface area contributed by atoms with Crippen LogP contribution in [0, 0.1) is 0 Å². The molecule has 0 spiro atoms.